The number of nitrogens with zero attached hydrogens (tertiary/aromatic N) is 1. The molecule has 0 radical (unpaired) electrons. The van der Waals surface area contributed by atoms with Crippen molar-refractivity contribution in [1.82, 2.24) is 4.98 Å². The monoisotopic (exact) mass is 211 g/mol. The van der Waals surface area contributed by atoms with Crippen molar-refractivity contribution in [1.29, 1.82) is 0 Å². The Morgan fingerprint density at radius 3 is 3.00 bits per heavy atom. The molecule has 0 N–H and O–H groups in total. The normalized spacial score (nSPS) is 10.7. The minimum Gasteiger partial charge on any atom is -0.263 e. The fourth-order valence-electron chi connectivity index (χ4n) is 0.773. The first-order valence-corrected chi connectivity index (χ1v) is 4.39. The smallest absolute Gasteiger partial charge is 0.0410 e. The molecule has 2 heteroatoms. The Hall–Kier alpha value is -0.630. The van der Waals surface area contributed by atoms with Gasteiger partial charge in [0, 0.05) is 16.9 Å². The second-order valence-corrected chi connectivity index (χ2v) is 3.16. The summed E-state index contributed by atoms with van der Waals surface area (Å²) >= 11 is 3.36. The number of allylic oxidation sites excluding steroid dienone is 1. The first-order chi connectivity index (χ1) is 5.33. The largest absolute Gasteiger partial charge is 0.263 e. The molecular weight excluding hydrogens is 202 g/mol. The summed E-state index contributed by atoms with van der Waals surface area (Å²) in [5.41, 5.74) is 1.14. The summed E-state index contributed by atoms with van der Waals surface area (Å²) < 4.78 is 1.02. The minimum absolute atomic E-state index is 1.02. The minimum atomic E-state index is 1.02. The Balaban J connectivity index is 2.79. The maximum absolute atomic E-state index is 4.04. The molecule has 1 aromatic heterocycles. The van der Waals surface area contributed by atoms with Gasteiger partial charge < -0.3 is 0 Å². The molecule has 0 aliphatic heterocycles. The second-order valence-electron chi connectivity index (χ2n) is 2.25. The molecular formula is C9H10BrN. The van der Waals surface area contributed by atoms with Crippen LogP contribution in [0.5, 0.6) is 0 Å². The third-order valence-electron chi connectivity index (χ3n) is 1.27. The third kappa shape index (κ3) is 2.85. The molecule has 0 fully saturated rings. The zero-order valence-corrected chi connectivity index (χ0v) is 8.01. The van der Waals surface area contributed by atoms with Crippen LogP contribution in [0, 0.1) is 0 Å². The number of halogens is 1. The van der Waals surface area contributed by atoms with E-state index in [4.69, 9.17) is 0 Å². The molecule has 0 atom stereocenters. The van der Waals surface area contributed by atoms with Crippen LogP contribution in [-0.2, 0) is 0 Å². The summed E-state index contributed by atoms with van der Waals surface area (Å²) in [6, 6.07) is 2.04. The van der Waals surface area contributed by atoms with Gasteiger partial charge in [-0.15, -0.1) is 0 Å². The van der Waals surface area contributed by atoms with E-state index in [1.165, 1.54) is 0 Å². The van der Waals surface area contributed by atoms with Crippen molar-refractivity contribution in [3.8, 4) is 0 Å². The molecule has 0 aliphatic carbocycles. The Morgan fingerprint density at radius 2 is 2.36 bits per heavy atom. The van der Waals surface area contributed by atoms with Crippen molar-refractivity contribution in [3.63, 3.8) is 0 Å². The Labute approximate surface area is 75.3 Å². The summed E-state index contributed by atoms with van der Waals surface area (Å²) in [7, 11) is 0. The van der Waals surface area contributed by atoms with Gasteiger partial charge in [-0.05, 0) is 34.0 Å². The summed E-state index contributed by atoms with van der Waals surface area (Å²) in [4.78, 5) is 4.04. The lowest BCUT2D eigenvalue weighted by Gasteiger charge is -1.91. The summed E-state index contributed by atoms with van der Waals surface area (Å²) in [6.07, 6.45) is 8.87. The first kappa shape index (κ1) is 8.47. The maximum atomic E-state index is 4.04. The van der Waals surface area contributed by atoms with Crippen LogP contribution in [0.3, 0.4) is 0 Å². The highest BCUT2D eigenvalue weighted by Gasteiger charge is 1.87. The highest BCUT2D eigenvalue weighted by molar-refractivity contribution is 9.10. The van der Waals surface area contributed by atoms with Crippen molar-refractivity contribution in [2.45, 2.75) is 13.3 Å². The molecule has 1 rings (SSSR count). The van der Waals surface area contributed by atoms with E-state index in [0.29, 0.717) is 0 Å². The molecule has 0 bridgehead atoms. The van der Waals surface area contributed by atoms with E-state index in [2.05, 4.69) is 40.0 Å². The Bertz CT molecular complexity index is 255. The molecule has 0 saturated heterocycles. The van der Waals surface area contributed by atoms with E-state index in [9.17, 15) is 0 Å². The predicted molar refractivity (Wildman–Crippen MR) is 51.3 cm³/mol. The standard InChI is InChI=1S/C9H10BrN/c1-2-3-4-8-5-9(10)7-11-6-8/h3-7H,2H2,1H3/b4-3+. The maximum Gasteiger partial charge on any atom is 0.0410 e. The zero-order valence-electron chi connectivity index (χ0n) is 6.42. The lowest BCUT2D eigenvalue weighted by Crippen LogP contribution is -1.75. The molecule has 1 nitrogen and oxygen atoms in total. The molecule has 58 valence electrons. The first-order valence-electron chi connectivity index (χ1n) is 3.60. The van der Waals surface area contributed by atoms with E-state index in [0.717, 1.165) is 16.5 Å². The summed E-state index contributed by atoms with van der Waals surface area (Å²) in [6.45, 7) is 2.11. The molecule has 0 amide bonds. The molecule has 11 heavy (non-hydrogen) atoms. The van der Waals surface area contributed by atoms with Gasteiger partial charge >= 0.3 is 0 Å². The van der Waals surface area contributed by atoms with Crippen LogP contribution in [0.25, 0.3) is 6.08 Å². The van der Waals surface area contributed by atoms with E-state index in [1.54, 1.807) is 6.20 Å². The topological polar surface area (TPSA) is 12.9 Å². The van der Waals surface area contributed by atoms with Gasteiger partial charge in [-0.1, -0.05) is 19.1 Å². The third-order valence-corrected chi connectivity index (χ3v) is 1.71. The van der Waals surface area contributed by atoms with Gasteiger partial charge in [0.2, 0.25) is 0 Å². The molecule has 1 aromatic rings. The lowest BCUT2D eigenvalue weighted by molar-refractivity contribution is 1.23. The van der Waals surface area contributed by atoms with Crippen LogP contribution in [0.15, 0.2) is 29.0 Å². The van der Waals surface area contributed by atoms with E-state index in [-0.39, 0.29) is 0 Å². The second kappa shape index (κ2) is 4.29. The molecule has 0 unspecified atom stereocenters. The fraction of sp³-hybridized carbons (Fsp3) is 0.222. The zero-order chi connectivity index (χ0) is 8.10. The highest BCUT2D eigenvalue weighted by atomic mass is 79.9. The van der Waals surface area contributed by atoms with Crippen LogP contribution in [0.4, 0.5) is 0 Å². The van der Waals surface area contributed by atoms with Gasteiger partial charge in [0.25, 0.3) is 0 Å². The van der Waals surface area contributed by atoms with E-state index >= 15 is 0 Å². The highest BCUT2D eigenvalue weighted by Crippen LogP contribution is 2.10. The molecule has 0 saturated carbocycles. The van der Waals surface area contributed by atoms with E-state index < -0.39 is 0 Å². The summed E-state index contributed by atoms with van der Waals surface area (Å²) in [5, 5.41) is 0. The van der Waals surface area contributed by atoms with Gasteiger partial charge in [-0.3, -0.25) is 4.98 Å². The van der Waals surface area contributed by atoms with Gasteiger partial charge in [0.15, 0.2) is 0 Å². The number of pyridine rings is 1. The molecule has 0 aliphatic rings. The van der Waals surface area contributed by atoms with Crippen LogP contribution < -0.4 is 0 Å². The van der Waals surface area contributed by atoms with Gasteiger partial charge in [-0.25, -0.2) is 0 Å². The predicted octanol–water partition coefficient (Wildman–Crippen LogP) is 3.27. The van der Waals surface area contributed by atoms with Gasteiger partial charge in [-0.2, -0.15) is 0 Å². The quantitative estimate of drug-likeness (QED) is 0.733. The number of aromatic nitrogens is 1. The number of hydrogen-bond donors (Lipinski definition) is 0. The Morgan fingerprint density at radius 1 is 1.55 bits per heavy atom. The van der Waals surface area contributed by atoms with Crippen molar-refractivity contribution < 1.29 is 0 Å². The van der Waals surface area contributed by atoms with Crippen molar-refractivity contribution in [2.24, 2.45) is 0 Å². The van der Waals surface area contributed by atoms with Crippen LogP contribution in [0.2, 0.25) is 0 Å². The Kier molecular flexibility index (Phi) is 3.30. The van der Waals surface area contributed by atoms with Crippen molar-refractivity contribution in [2.75, 3.05) is 0 Å². The fourth-order valence-corrected chi connectivity index (χ4v) is 1.16. The molecule has 0 aromatic carbocycles. The van der Waals surface area contributed by atoms with Crippen LogP contribution in [-0.4, -0.2) is 4.98 Å². The number of rotatable bonds is 2. The van der Waals surface area contributed by atoms with Gasteiger partial charge in [0.05, 0.1) is 0 Å². The summed E-state index contributed by atoms with van der Waals surface area (Å²) in [5.74, 6) is 0. The molecule has 1 heterocycles. The SMILES string of the molecule is CC/C=C/c1cncc(Br)c1. The van der Waals surface area contributed by atoms with Gasteiger partial charge in [0.1, 0.15) is 0 Å². The number of hydrogen-bond acceptors (Lipinski definition) is 1. The van der Waals surface area contributed by atoms with E-state index in [1.807, 2.05) is 12.3 Å². The lowest BCUT2D eigenvalue weighted by atomic mass is 10.2. The average Bonchev–Trinajstić information content (AvgIpc) is 2.01. The van der Waals surface area contributed by atoms with Crippen molar-refractivity contribution >= 4 is 22.0 Å². The molecule has 0 spiro atoms. The van der Waals surface area contributed by atoms with Crippen LogP contribution >= 0.6 is 15.9 Å². The van der Waals surface area contributed by atoms with Crippen molar-refractivity contribution in [3.05, 3.63) is 34.6 Å². The average molecular weight is 212 g/mol. The van der Waals surface area contributed by atoms with Crippen LogP contribution in [0.1, 0.15) is 18.9 Å².